The number of hydrogen-bond acceptors (Lipinski definition) is 3. The van der Waals surface area contributed by atoms with Crippen LogP contribution in [0, 0.1) is 11.8 Å². The van der Waals surface area contributed by atoms with E-state index in [0.29, 0.717) is 28.5 Å². The third kappa shape index (κ3) is 6.78. The van der Waals surface area contributed by atoms with Crippen LogP contribution in [0.15, 0.2) is 30.4 Å². The first-order chi connectivity index (χ1) is 12.9. The van der Waals surface area contributed by atoms with E-state index in [2.05, 4.69) is 0 Å². The summed E-state index contributed by atoms with van der Waals surface area (Å²) in [5.41, 5.74) is 0.400. The maximum Gasteiger partial charge on any atom is 0.303 e. The molecule has 0 heterocycles. The molecule has 2 atom stereocenters. The number of carboxylic acids is 1. The van der Waals surface area contributed by atoms with Crippen molar-refractivity contribution in [2.45, 2.75) is 51.4 Å². The number of carbonyl (C=O) groups is 3. The van der Waals surface area contributed by atoms with Gasteiger partial charge in [-0.15, -0.1) is 0 Å². The topological polar surface area (TPSA) is 71.4 Å². The minimum atomic E-state index is -0.767. The molecule has 1 aromatic carbocycles. The maximum atomic E-state index is 12.4. The molecule has 146 valence electrons. The fourth-order valence-corrected chi connectivity index (χ4v) is 4.03. The van der Waals surface area contributed by atoms with Crippen LogP contribution in [-0.2, 0) is 9.59 Å². The van der Waals surface area contributed by atoms with Crippen molar-refractivity contribution in [2.24, 2.45) is 11.8 Å². The van der Waals surface area contributed by atoms with Crippen LogP contribution < -0.4 is 0 Å². The number of aliphatic carboxylic acids is 1. The number of Topliss-reactive ketones (excluding diaryl/α,β-unsaturated/α-hetero) is 1. The van der Waals surface area contributed by atoms with Gasteiger partial charge in [0.05, 0.1) is 5.02 Å². The van der Waals surface area contributed by atoms with Crippen LogP contribution in [-0.4, -0.2) is 22.6 Å². The number of carbonyl (C=O) groups excluding carboxylic acids is 2. The monoisotopic (exact) mass is 410 g/mol. The van der Waals surface area contributed by atoms with E-state index in [4.69, 9.17) is 28.3 Å². The van der Waals surface area contributed by atoms with Crippen molar-refractivity contribution in [3.8, 4) is 0 Å². The molecule has 0 radical (unpaired) electrons. The van der Waals surface area contributed by atoms with E-state index in [1.807, 2.05) is 6.08 Å². The van der Waals surface area contributed by atoms with E-state index >= 15 is 0 Å². The van der Waals surface area contributed by atoms with Gasteiger partial charge in [-0.2, -0.15) is 0 Å². The van der Waals surface area contributed by atoms with Crippen molar-refractivity contribution in [3.63, 3.8) is 0 Å². The summed E-state index contributed by atoms with van der Waals surface area (Å²) in [6.07, 6.45) is 9.01. The zero-order valence-corrected chi connectivity index (χ0v) is 16.6. The molecule has 0 aromatic heterocycles. The van der Waals surface area contributed by atoms with Crippen molar-refractivity contribution < 1.29 is 19.5 Å². The Balaban J connectivity index is 1.86. The van der Waals surface area contributed by atoms with Gasteiger partial charge in [0.2, 0.25) is 0 Å². The van der Waals surface area contributed by atoms with Crippen molar-refractivity contribution >= 4 is 40.7 Å². The molecule has 0 spiro atoms. The second-order valence-corrected chi connectivity index (χ2v) is 7.81. The smallest absolute Gasteiger partial charge is 0.303 e. The van der Waals surface area contributed by atoms with Gasteiger partial charge in [-0.25, -0.2) is 0 Å². The molecule has 0 saturated heterocycles. The van der Waals surface area contributed by atoms with E-state index in [-0.39, 0.29) is 29.8 Å². The zero-order valence-electron chi connectivity index (χ0n) is 15.1. The van der Waals surface area contributed by atoms with Gasteiger partial charge >= 0.3 is 5.97 Å². The average Bonchev–Trinajstić information content (AvgIpc) is 2.95. The minimum Gasteiger partial charge on any atom is -0.481 e. The van der Waals surface area contributed by atoms with Crippen molar-refractivity contribution in [3.05, 3.63) is 46.0 Å². The molecule has 27 heavy (non-hydrogen) atoms. The van der Waals surface area contributed by atoms with Gasteiger partial charge < -0.3 is 5.11 Å². The van der Waals surface area contributed by atoms with E-state index in [1.165, 1.54) is 12.1 Å². The van der Waals surface area contributed by atoms with Crippen LogP contribution in [0.2, 0.25) is 10.0 Å². The van der Waals surface area contributed by atoms with Gasteiger partial charge in [0, 0.05) is 29.3 Å². The molecular weight excluding hydrogens is 387 g/mol. The highest BCUT2D eigenvalue weighted by Gasteiger charge is 2.32. The summed E-state index contributed by atoms with van der Waals surface area (Å²) >= 11 is 11.9. The molecule has 1 aromatic rings. The van der Waals surface area contributed by atoms with Crippen LogP contribution in [0.1, 0.15) is 61.7 Å². The summed E-state index contributed by atoms with van der Waals surface area (Å²) in [6.45, 7) is 0. The average molecular weight is 411 g/mol. The van der Waals surface area contributed by atoms with Gasteiger partial charge in [0.1, 0.15) is 5.78 Å². The second-order valence-electron chi connectivity index (χ2n) is 6.97. The number of hydrogen-bond donors (Lipinski definition) is 1. The minimum absolute atomic E-state index is 0.0470. The molecule has 0 unspecified atom stereocenters. The quantitative estimate of drug-likeness (QED) is 0.302. The van der Waals surface area contributed by atoms with Crippen LogP contribution >= 0.6 is 23.2 Å². The predicted molar refractivity (Wildman–Crippen MR) is 106 cm³/mol. The highest BCUT2D eigenvalue weighted by Crippen LogP contribution is 2.34. The Labute approximate surface area is 169 Å². The molecule has 0 bridgehead atoms. The highest BCUT2D eigenvalue weighted by atomic mass is 35.5. The summed E-state index contributed by atoms with van der Waals surface area (Å²) in [6, 6.07) is 4.77. The molecule has 1 N–H and O–H groups in total. The van der Waals surface area contributed by atoms with Gasteiger partial charge in [0.15, 0.2) is 5.78 Å². The Morgan fingerprint density at radius 3 is 2.59 bits per heavy atom. The van der Waals surface area contributed by atoms with E-state index in [9.17, 15) is 14.4 Å². The van der Waals surface area contributed by atoms with Gasteiger partial charge in [-0.05, 0) is 49.5 Å². The highest BCUT2D eigenvalue weighted by molar-refractivity contribution is 6.37. The van der Waals surface area contributed by atoms with Crippen LogP contribution in [0.4, 0.5) is 0 Å². The SMILES string of the molecule is O=C(O)CCCCCC[C@@H]1C(=O)CC[C@H]1C=CC(=O)c1ccc(Cl)cc1Cl. The van der Waals surface area contributed by atoms with Gasteiger partial charge in [-0.1, -0.05) is 48.5 Å². The fraction of sp³-hybridized carbons (Fsp3) is 0.476. The molecule has 1 aliphatic carbocycles. The van der Waals surface area contributed by atoms with Gasteiger partial charge in [-0.3, -0.25) is 14.4 Å². The maximum absolute atomic E-state index is 12.4. The van der Waals surface area contributed by atoms with E-state index in [0.717, 1.165) is 32.1 Å². The number of carboxylic acid groups (broad SMARTS) is 1. The number of allylic oxidation sites excluding steroid dienone is 2. The lowest BCUT2D eigenvalue weighted by molar-refractivity contribution is -0.137. The zero-order chi connectivity index (χ0) is 19.8. The first kappa shape index (κ1) is 21.6. The number of halogens is 2. The lowest BCUT2D eigenvalue weighted by Gasteiger charge is -2.14. The molecule has 1 saturated carbocycles. The molecule has 6 heteroatoms. The Bertz CT molecular complexity index is 727. The number of rotatable bonds is 10. The molecule has 1 fully saturated rings. The Hall–Kier alpha value is -1.65. The predicted octanol–water partition coefficient (Wildman–Crippen LogP) is 5.75. The van der Waals surface area contributed by atoms with Crippen molar-refractivity contribution in [2.75, 3.05) is 0 Å². The van der Waals surface area contributed by atoms with Crippen LogP contribution in [0.5, 0.6) is 0 Å². The third-order valence-electron chi connectivity index (χ3n) is 5.00. The van der Waals surface area contributed by atoms with Crippen molar-refractivity contribution in [1.82, 2.24) is 0 Å². The first-order valence-electron chi connectivity index (χ1n) is 9.30. The Kier molecular flexibility index (Phi) is 8.52. The lowest BCUT2D eigenvalue weighted by Crippen LogP contribution is -2.13. The summed E-state index contributed by atoms with van der Waals surface area (Å²) < 4.78 is 0. The summed E-state index contributed by atoms with van der Waals surface area (Å²) in [5, 5.41) is 9.43. The molecular formula is C21H24Cl2O4. The fourth-order valence-electron chi connectivity index (χ4n) is 3.52. The number of unbranched alkanes of at least 4 members (excludes halogenated alkanes) is 3. The Morgan fingerprint density at radius 2 is 1.89 bits per heavy atom. The largest absolute Gasteiger partial charge is 0.481 e. The normalized spacial score (nSPS) is 19.7. The van der Waals surface area contributed by atoms with Crippen molar-refractivity contribution in [1.29, 1.82) is 0 Å². The summed E-state index contributed by atoms with van der Waals surface area (Å²) in [4.78, 5) is 35.0. The number of benzene rings is 1. The third-order valence-corrected chi connectivity index (χ3v) is 5.55. The van der Waals surface area contributed by atoms with Crippen LogP contribution in [0.3, 0.4) is 0 Å². The Morgan fingerprint density at radius 1 is 1.15 bits per heavy atom. The molecule has 1 aliphatic rings. The standard InChI is InChI=1S/C21H24Cl2O4/c22-15-9-10-17(18(23)13-15)20(25)12-8-14-7-11-19(24)16(14)5-3-1-2-4-6-21(26)27/h8-10,12-14,16H,1-7,11H2,(H,26,27)/t14-,16-/m0/s1. The van der Waals surface area contributed by atoms with E-state index in [1.54, 1.807) is 12.1 Å². The molecule has 2 rings (SSSR count). The van der Waals surface area contributed by atoms with Gasteiger partial charge in [0.25, 0.3) is 0 Å². The number of ketones is 2. The molecule has 0 amide bonds. The lowest BCUT2D eigenvalue weighted by atomic mass is 9.89. The first-order valence-corrected chi connectivity index (χ1v) is 10.1. The van der Waals surface area contributed by atoms with Crippen LogP contribution in [0.25, 0.3) is 0 Å². The second kappa shape index (κ2) is 10.6. The summed E-state index contributed by atoms with van der Waals surface area (Å²) in [5.74, 6) is -0.673. The van der Waals surface area contributed by atoms with E-state index < -0.39 is 5.97 Å². The molecule has 4 nitrogen and oxygen atoms in total. The summed E-state index contributed by atoms with van der Waals surface area (Å²) in [7, 11) is 0. The molecule has 0 aliphatic heterocycles.